The quantitative estimate of drug-likeness (QED) is 0.0929. The maximum Gasteiger partial charge on any atom is 0.407 e. The number of aliphatic hydroxyl groups is 3. The highest BCUT2D eigenvalue weighted by Gasteiger charge is 2.07. The second-order valence-corrected chi connectivity index (χ2v) is 5.45. The molecule has 178 valence electrons. The van der Waals surface area contributed by atoms with Gasteiger partial charge in [-0.05, 0) is 19.9 Å². The minimum Gasteiger partial charge on any atom is -0.466 e. The molecular weight excluding hydrogens is 416 g/mol. The van der Waals surface area contributed by atoms with Crippen molar-refractivity contribution in [1.29, 1.82) is 0 Å². The molecule has 12 heteroatoms. The summed E-state index contributed by atoms with van der Waals surface area (Å²) in [6.07, 6.45) is -0.762. The van der Waals surface area contributed by atoms with E-state index in [1.807, 2.05) is 0 Å². The van der Waals surface area contributed by atoms with Gasteiger partial charge in [0.25, 0.3) is 0 Å². The van der Waals surface area contributed by atoms with Crippen LogP contribution in [0.3, 0.4) is 0 Å². The van der Waals surface area contributed by atoms with Gasteiger partial charge in [0, 0.05) is 11.1 Å². The van der Waals surface area contributed by atoms with Crippen LogP contribution in [-0.2, 0) is 28.6 Å². The number of ether oxygens (including phenoxy) is 3. The van der Waals surface area contributed by atoms with Gasteiger partial charge in [-0.2, -0.15) is 0 Å². The van der Waals surface area contributed by atoms with Crippen LogP contribution in [0.15, 0.2) is 37.0 Å². The summed E-state index contributed by atoms with van der Waals surface area (Å²) in [7, 11) is 1.33. The molecule has 0 rings (SSSR count). The van der Waals surface area contributed by atoms with Crippen molar-refractivity contribution in [3.63, 3.8) is 0 Å². The number of methoxy groups -OCH3 is 1. The molecule has 0 aliphatic carbocycles. The van der Waals surface area contributed by atoms with E-state index >= 15 is 0 Å². The van der Waals surface area contributed by atoms with E-state index in [-0.39, 0.29) is 43.9 Å². The molecule has 0 aliphatic rings. The summed E-state index contributed by atoms with van der Waals surface area (Å²) >= 11 is 0. The van der Waals surface area contributed by atoms with Crippen molar-refractivity contribution in [2.24, 2.45) is 0 Å². The van der Waals surface area contributed by atoms with Gasteiger partial charge in [-0.15, -0.1) is 0 Å². The van der Waals surface area contributed by atoms with Crippen LogP contribution < -0.4 is 10.6 Å². The number of esters is 2. The Balaban J connectivity index is -0.000000460. The zero-order valence-electron chi connectivity index (χ0n) is 18.0. The number of hydrogen-bond donors (Lipinski definition) is 5. The van der Waals surface area contributed by atoms with Crippen molar-refractivity contribution in [1.82, 2.24) is 10.6 Å². The van der Waals surface area contributed by atoms with Crippen LogP contribution in [0.25, 0.3) is 0 Å². The fourth-order valence-electron chi connectivity index (χ4n) is 1.02. The molecule has 0 saturated carbocycles. The van der Waals surface area contributed by atoms with Crippen LogP contribution in [-0.4, -0.2) is 85.6 Å². The van der Waals surface area contributed by atoms with Gasteiger partial charge in [0.2, 0.25) is 5.91 Å². The molecule has 2 amide bonds. The third-order valence-corrected chi connectivity index (χ3v) is 2.54. The van der Waals surface area contributed by atoms with Gasteiger partial charge < -0.3 is 40.2 Å². The molecule has 0 fully saturated rings. The number of alkyl carbamates (subject to hydrolysis) is 1. The molecule has 0 spiro atoms. The minimum atomic E-state index is -1.10. The molecule has 1 unspecified atom stereocenters. The topological polar surface area (TPSA) is 181 Å². The smallest absolute Gasteiger partial charge is 0.407 e. The predicted octanol–water partition coefficient (Wildman–Crippen LogP) is -0.841. The van der Waals surface area contributed by atoms with Gasteiger partial charge >= 0.3 is 18.0 Å². The number of aliphatic hydroxyl groups excluding tert-OH is 3. The molecule has 0 aliphatic heterocycles. The number of hydrogen-bond acceptors (Lipinski definition) is 10. The normalized spacial score (nSPS) is 9.74. The third-order valence-electron chi connectivity index (χ3n) is 2.54. The predicted molar refractivity (Wildman–Crippen MR) is 110 cm³/mol. The Morgan fingerprint density at radius 2 is 1.55 bits per heavy atom. The van der Waals surface area contributed by atoms with Crippen molar-refractivity contribution in [3.8, 4) is 0 Å². The molecule has 0 bridgehead atoms. The molecule has 5 N–H and O–H groups in total. The summed E-state index contributed by atoms with van der Waals surface area (Å²) in [5.74, 6) is -1.24. The summed E-state index contributed by atoms with van der Waals surface area (Å²) < 4.78 is 13.5. The summed E-state index contributed by atoms with van der Waals surface area (Å²) in [4.78, 5) is 42.1. The standard InChI is InChI=1S/C10H17NO6.C5H8O2.C4H7NO2/c1-7(2)9(14)16-4-3-11-10(15)17-6-8(13)5-12;1-4(2)5(6)7-3;1-2-4(7)5-3-6/h8,12-13H,1,3-6H2,2H3,(H,11,15);1H2,2-3H3;2,6H,1,3H2,(H,5,7). The van der Waals surface area contributed by atoms with Crippen LogP contribution in [0, 0.1) is 0 Å². The van der Waals surface area contributed by atoms with Gasteiger partial charge in [0.1, 0.15) is 26.0 Å². The van der Waals surface area contributed by atoms with Crippen molar-refractivity contribution >= 4 is 23.9 Å². The van der Waals surface area contributed by atoms with Crippen molar-refractivity contribution in [2.45, 2.75) is 20.0 Å². The lowest BCUT2D eigenvalue weighted by Gasteiger charge is -2.09. The molecule has 0 aromatic carbocycles. The second kappa shape index (κ2) is 21.5. The number of rotatable bonds is 10. The zero-order valence-corrected chi connectivity index (χ0v) is 18.0. The summed E-state index contributed by atoms with van der Waals surface area (Å²) in [6, 6.07) is 0. The Labute approximate surface area is 181 Å². The van der Waals surface area contributed by atoms with Gasteiger partial charge in [0.15, 0.2) is 0 Å². The molecule has 0 saturated heterocycles. The van der Waals surface area contributed by atoms with E-state index in [0.717, 1.165) is 6.08 Å². The maximum absolute atomic E-state index is 11.0. The third kappa shape index (κ3) is 24.7. The molecule has 0 aromatic heterocycles. The van der Waals surface area contributed by atoms with E-state index in [0.29, 0.717) is 5.57 Å². The second-order valence-electron chi connectivity index (χ2n) is 5.45. The highest BCUT2D eigenvalue weighted by molar-refractivity contribution is 5.87. The molecule has 1 atom stereocenters. The number of nitrogens with one attached hydrogen (secondary N) is 2. The van der Waals surface area contributed by atoms with Gasteiger partial charge in [-0.25, -0.2) is 14.4 Å². The SMILES string of the molecule is C=C(C)C(=O)OC.C=C(C)C(=O)OCCNC(=O)OCC(O)CO.C=CC(=O)NCO. The Morgan fingerprint density at radius 3 is 1.87 bits per heavy atom. The molecule has 0 heterocycles. The molecule has 12 nitrogen and oxygen atoms in total. The van der Waals surface area contributed by atoms with Crippen LogP contribution in [0.4, 0.5) is 4.79 Å². The average Bonchev–Trinajstić information content (AvgIpc) is 2.74. The van der Waals surface area contributed by atoms with E-state index in [1.54, 1.807) is 6.92 Å². The lowest BCUT2D eigenvalue weighted by molar-refractivity contribution is -0.139. The van der Waals surface area contributed by atoms with Crippen LogP contribution in [0.2, 0.25) is 0 Å². The molecule has 0 radical (unpaired) electrons. The first-order chi connectivity index (χ1) is 14.5. The fraction of sp³-hybridized carbons (Fsp3) is 0.474. The Kier molecular flexibility index (Phi) is 22.5. The van der Waals surface area contributed by atoms with Crippen molar-refractivity contribution in [3.05, 3.63) is 37.0 Å². The van der Waals surface area contributed by atoms with Crippen LogP contribution in [0.1, 0.15) is 13.8 Å². The maximum atomic E-state index is 11.0. The van der Waals surface area contributed by atoms with Gasteiger partial charge in [0.05, 0.1) is 20.3 Å². The molecular formula is C19H32N2O10. The average molecular weight is 448 g/mol. The molecule has 31 heavy (non-hydrogen) atoms. The summed E-state index contributed by atoms with van der Waals surface area (Å²) in [6.45, 7) is 12.0. The van der Waals surface area contributed by atoms with Crippen molar-refractivity contribution in [2.75, 3.05) is 40.2 Å². The lowest BCUT2D eigenvalue weighted by atomic mass is 10.4. The first kappa shape index (κ1) is 32.4. The van der Waals surface area contributed by atoms with Gasteiger partial charge in [-0.1, -0.05) is 19.7 Å². The van der Waals surface area contributed by atoms with E-state index < -0.39 is 24.8 Å². The number of carbonyl (C=O) groups excluding carboxylic acids is 4. The van der Waals surface area contributed by atoms with Crippen LogP contribution >= 0.6 is 0 Å². The highest BCUT2D eigenvalue weighted by Crippen LogP contribution is 1.91. The minimum absolute atomic E-state index is 0.00332. The first-order valence-electron chi connectivity index (χ1n) is 8.73. The number of carbonyl (C=O) groups is 4. The van der Waals surface area contributed by atoms with E-state index in [4.69, 9.17) is 20.1 Å². The van der Waals surface area contributed by atoms with Gasteiger partial charge in [-0.3, -0.25) is 4.79 Å². The zero-order chi connectivity index (χ0) is 24.8. The largest absolute Gasteiger partial charge is 0.466 e. The molecule has 0 aromatic rings. The van der Waals surface area contributed by atoms with E-state index in [2.05, 4.69) is 39.8 Å². The first-order valence-corrected chi connectivity index (χ1v) is 8.73. The summed E-state index contributed by atoms with van der Waals surface area (Å²) in [5.41, 5.74) is 0.709. The number of amides is 2. The van der Waals surface area contributed by atoms with Crippen molar-refractivity contribution < 1.29 is 48.7 Å². The Hall–Kier alpha value is -3.22. The highest BCUT2D eigenvalue weighted by atomic mass is 16.6. The fourth-order valence-corrected chi connectivity index (χ4v) is 1.02. The van der Waals surface area contributed by atoms with Crippen LogP contribution in [0.5, 0.6) is 0 Å². The van der Waals surface area contributed by atoms with E-state index in [1.165, 1.54) is 14.0 Å². The monoisotopic (exact) mass is 448 g/mol. The summed E-state index contributed by atoms with van der Waals surface area (Å²) in [5, 5.41) is 29.7. The van der Waals surface area contributed by atoms with E-state index in [9.17, 15) is 19.2 Å². The lowest BCUT2D eigenvalue weighted by Crippen LogP contribution is -2.31. The Morgan fingerprint density at radius 1 is 1.00 bits per heavy atom. The Bertz CT molecular complexity index is 602.